The van der Waals surface area contributed by atoms with Gasteiger partial charge in [0.15, 0.2) is 0 Å². The third-order valence-electron chi connectivity index (χ3n) is 2.40. The molecule has 0 radical (unpaired) electrons. The Kier molecular flexibility index (Phi) is 9.00. The molecule has 0 heterocycles. The first-order chi connectivity index (χ1) is 6.66. The summed E-state index contributed by atoms with van der Waals surface area (Å²) in [7, 11) is 4.22. The van der Waals surface area contributed by atoms with Crippen LogP contribution in [0.3, 0.4) is 0 Å². The second-order valence-corrected chi connectivity index (χ2v) is 4.15. The Hall–Kier alpha value is -0.340. The minimum atomic E-state index is 1.11. The van der Waals surface area contributed by atoms with Gasteiger partial charge in [-0.1, -0.05) is 11.6 Å². The highest BCUT2D eigenvalue weighted by molar-refractivity contribution is 4.94. The predicted molar refractivity (Wildman–Crippen MR) is 64.7 cm³/mol. The van der Waals surface area contributed by atoms with Crippen LogP contribution in [-0.2, 0) is 0 Å². The first kappa shape index (κ1) is 13.7. The van der Waals surface area contributed by atoms with Gasteiger partial charge >= 0.3 is 0 Å². The molecule has 0 aromatic carbocycles. The Morgan fingerprint density at radius 1 is 1.21 bits per heavy atom. The molecule has 0 aliphatic rings. The molecule has 1 N–H and O–H groups in total. The number of nitrogens with zero attached hydrogens (tertiary/aromatic N) is 1. The maximum absolute atomic E-state index is 3.45. The second-order valence-electron chi connectivity index (χ2n) is 4.15. The lowest BCUT2D eigenvalue weighted by molar-refractivity contribution is 0.399. The zero-order valence-electron chi connectivity index (χ0n) is 10.3. The van der Waals surface area contributed by atoms with Gasteiger partial charge in [0, 0.05) is 13.1 Å². The first-order valence-electron chi connectivity index (χ1n) is 5.64. The summed E-state index contributed by atoms with van der Waals surface area (Å²) < 4.78 is 0. The van der Waals surface area contributed by atoms with Crippen molar-refractivity contribution in [2.24, 2.45) is 0 Å². The maximum atomic E-state index is 3.45. The summed E-state index contributed by atoms with van der Waals surface area (Å²) >= 11 is 0. The zero-order chi connectivity index (χ0) is 10.8. The van der Waals surface area contributed by atoms with E-state index in [4.69, 9.17) is 0 Å². The van der Waals surface area contributed by atoms with E-state index in [9.17, 15) is 0 Å². The number of unbranched alkanes of at least 4 members (excludes halogenated alkanes) is 1. The van der Waals surface area contributed by atoms with Gasteiger partial charge in [-0.15, -0.1) is 0 Å². The fraction of sp³-hybridized carbons (Fsp3) is 0.833. The van der Waals surface area contributed by atoms with E-state index in [-0.39, 0.29) is 0 Å². The minimum absolute atomic E-state index is 1.11. The molecular formula is C12H26N2. The molecule has 2 heteroatoms. The Balaban J connectivity index is 3.07. The Morgan fingerprint density at radius 2 is 1.93 bits per heavy atom. The van der Waals surface area contributed by atoms with Gasteiger partial charge in [-0.3, -0.25) is 0 Å². The molecule has 0 spiro atoms. The Bertz CT molecular complexity index is 150. The van der Waals surface area contributed by atoms with Crippen LogP contribution in [0.2, 0.25) is 0 Å². The molecule has 0 amide bonds. The van der Waals surface area contributed by atoms with Gasteiger partial charge in [-0.2, -0.15) is 0 Å². The van der Waals surface area contributed by atoms with Crippen molar-refractivity contribution in [1.82, 2.24) is 10.2 Å². The molecule has 0 saturated carbocycles. The van der Waals surface area contributed by atoms with Crippen LogP contribution in [0.15, 0.2) is 11.6 Å². The van der Waals surface area contributed by atoms with Crippen LogP contribution in [0.4, 0.5) is 0 Å². The molecule has 0 rings (SSSR count). The van der Waals surface area contributed by atoms with Crippen LogP contribution in [0.1, 0.15) is 33.1 Å². The van der Waals surface area contributed by atoms with Gasteiger partial charge in [0.25, 0.3) is 0 Å². The lowest BCUT2D eigenvalue weighted by Crippen LogP contribution is -2.27. The maximum Gasteiger partial charge on any atom is 0.0101 e. The molecule has 0 atom stereocenters. The van der Waals surface area contributed by atoms with Gasteiger partial charge in [-0.25, -0.2) is 0 Å². The van der Waals surface area contributed by atoms with Gasteiger partial charge < -0.3 is 10.2 Å². The molecule has 0 aliphatic heterocycles. The number of hydrogen-bond donors (Lipinski definition) is 1. The van der Waals surface area contributed by atoms with Crippen LogP contribution in [0.5, 0.6) is 0 Å². The number of hydrogen-bond acceptors (Lipinski definition) is 2. The van der Waals surface area contributed by atoms with Gasteiger partial charge in [0.2, 0.25) is 0 Å². The molecule has 0 aromatic heterocycles. The molecule has 0 saturated heterocycles. The molecule has 2 nitrogen and oxygen atoms in total. The summed E-state index contributed by atoms with van der Waals surface area (Å²) in [6.07, 6.45) is 6.06. The van der Waals surface area contributed by atoms with Crippen molar-refractivity contribution < 1.29 is 0 Å². The van der Waals surface area contributed by atoms with E-state index in [0.29, 0.717) is 0 Å². The lowest BCUT2D eigenvalue weighted by Gasteiger charge is -2.10. The van der Waals surface area contributed by atoms with Crippen molar-refractivity contribution >= 4 is 0 Å². The topological polar surface area (TPSA) is 15.3 Å². The summed E-state index contributed by atoms with van der Waals surface area (Å²) in [5, 5.41) is 3.45. The Labute approximate surface area is 89.4 Å². The van der Waals surface area contributed by atoms with E-state index < -0.39 is 0 Å². The summed E-state index contributed by atoms with van der Waals surface area (Å²) in [4.78, 5) is 2.21. The molecule has 14 heavy (non-hydrogen) atoms. The standard InChI is InChI=1S/C12H26N2/c1-5-12(2)8-6-7-9-13-10-11-14(3)4/h5,13H,6-11H2,1-4H3/b12-5+. The van der Waals surface area contributed by atoms with Crippen molar-refractivity contribution in [3.8, 4) is 0 Å². The van der Waals surface area contributed by atoms with Gasteiger partial charge in [-0.05, 0) is 53.8 Å². The van der Waals surface area contributed by atoms with Crippen molar-refractivity contribution in [3.63, 3.8) is 0 Å². The fourth-order valence-corrected chi connectivity index (χ4v) is 1.23. The zero-order valence-corrected chi connectivity index (χ0v) is 10.3. The van der Waals surface area contributed by atoms with Crippen molar-refractivity contribution in [2.75, 3.05) is 33.7 Å². The smallest absolute Gasteiger partial charge is 0.0101 e. The summed E-state index contributed by atoms with van der Waals surface area (Å²) in [5.41, 5.74) is 1.51. The number of rotatable bonds is 8. The van der Waals surface area contributed by atoms with Crippen LogP contribution >= 0.6 is 0 Å². The quantitative estimate of drug-likeness (QED) is 0.475. The number of likely N-dealkylation sites (N-methyl/N-ethyl adjacent to an activating group) is 1. The van der Waals surface area contributed by atoms with Crippen molar-refractivity contribution in [3.05, 3.63) is 11.6 Å². The average Bonchev–Trinajstić information content (AvgIpc) is 2.15. The van der Waals surface area contributed by atoms with Crippen LogP contribution in [0.25, 0.3) is 0 Å². The van der Waals surface area contributed by atoms with E-state index in [0.717, 1.165) is 19.6 Å². The van der Waals surface area contributed by atoms with E-state index in [2.05, 4.69) is 44.2 Å². The fourth-order valence-electron chi connectivity index (χ4n) is 1.23. The molecule has 84 valence electrons. The highest BCUT2D eigenvalue weighted by Crippen LogP contribution is 2.04. The molecule has 0 fully saturated rings. The molecule has 0 bridgehead atoms. The number of allylic oxidation sites excluding steroid dienone is 2. The largest absolute Gasteiger partial charge is 0.315 e. The predicted octanol–water partition coefficient (Wildman–Crippen LogP) is 2.27. The second kappa shape index (κ2) is 9.22. The third kappa shape index (κ3) is 9.75. The summed E-state index contributed by atoms with van der Waals surface area (Å²) in [6.45, 7) is 7.72. The van der Waals surface area contributed by atoms with Gasteiger partial charge in [0.05, 0.1) is 0 Å². The average molecular weight is 198 g/mol. The summed E-state index contributed by atoms with van der Waals surface area (Å²) in [5.74, 6) is 0. The van der Waals surface area contributed by atoms with Crippen molar-refractivity contribution in [1.29, 1.82) is 0 Å². The van der Waals surface area contributed by atoms with Crippen LogP contribution in [-0.4, -0.2) is 38.6 Å². The SMILES string of the molecule is C/C=C(\C)CCCCNCCN(C)C. The van der Waals surface area contributed by atoms with E-state index >= 15 is 0 Å². The highest BCUT2D eigenvalue weighted by atomic mass is 15.1. The number of nitrogens with one attached hydrogen (secondary N) is 1. The van der Waals surface area contributed by atoms with Crippen LogP contribution in [0, 0.1) is 0 Å². The van der Waals surface area contributed by atoms with E-state index in [1.165, 1.54) is 24.8 Å². The molecule has 0 aromatic rings. The normalized spacial score (nSPS) is 12.5. The van der Waals surface area contributed by atoms with Crippen LogP contribution < -0.4 is 5.32 Å². The lowest BCUT2D eigenvalue weighted by atomic mass is 10.1. The molecular weight excluding hydrogens is 172 g/mol. The molecule has 0 unspecified atom stereocenters. The van der Waals surface area contributed by atoms with E-state index in [1.807, 2.05) is 0 Å². The highest BCUT2D eigenvalue weighted by Gasteiger charge is 1.92. The molecule has 0 aliphatic carbocycles. The van der Waals surface area contributed by atoms with Gasteiger partial charge in [0.1, 0.15) is 0 Å². The minimum Gasteiger partial charge on any atom is -0.315 e. The monoisotopic (exact) mass is 198 g/mol. The third-order valence-corrected chi connectivity index (χ3v) is 2.40. The first-order valence-corrected chi connectivity index (χ1v) is 5.64. The van der Waals surface area contributed by atoms with E-state index in [1.54, 1.807) is 0 Å². The summed E-state index contributed by atoms with van der Waals surface area (Å²) in [6, 6.07) is 0. The Morgan fingerprint density at radius 3 is 2.50 bits per heavy atom. The van der Waals surface area contributed by atoms with Crippen molar-refractivity contribution in [2.45, 2.75) is 33.1 Å².